The zero-order valence-corrected chi connectivity index (χ0v) is 59.6. The molecule has 19 unspecified atom stereocenters. The number of rotatable bonds is 37. The Labute approximate surface area is 528 Å². The Bertz CT molecular complexity index is 1850. The van der Waals surface area contributed by atoms with Crippen LogP contribution in [0.15, 0.2) is 0 Å². The van der Waals surface area contributed by atoms with E-state index in [-0.39, 0.29) is 65.2 Å². The predicted octanol–water partition coefficient (Wildman–Crippen LogP) is 7.95. The van der Waals surface area contributed by atoms with Crippen molar-refractivity contribution in [3.8, 4) is 0 Å². The van der Waals surface area contributed by atoms with Crippen LogP contribution in [0.5, 0.6) is 0 Å². The number of carboxylic acids is 3. The van der Waals surface area contributed by atoms with Gasteiger partial charge in [-0.25, -0.2) is 14.4 Å². The third-order valence-corrected chi connectivity index (χ3v) is 17.3. The van der Waals surface area contributed by atoms with Crippen molar-refractivity contribution in [1.29, 1.82) is 0 Å². The Hall–Kier alpha value is -4.93. The number of carboxylic acid groups (broad SMARTS) is 3. The van der Waals surface area contributed by atoms with Crippen molar-refractivity contribution in [2.75, 3.05) is 21.1 Å². The minimum Gasteiger partial charge on any atom is -0.480 e. The summed E-state index contributed by atoms with van der Waals surface area (Å²) in [6, 6.07) is -5.00. The van der Waals surface area contributed by atoms with E-state index in [1.165, 1.54) is 6.42 Å². The molecule has 0 aliphatic rings. The quantitative estimate of drug-likeness (QED) is 0.0262. The van der Waals surface area contributed by atoms with Crippen LogP contribution in [0.2, 0.25) is 0 Å². The molecule has 0 heterocycles. The molecule has 0 aromatic rings. The smallest absolute Gasteiger partial charge is 0.326 e. The molecule has 22 nitrogen and oxygen atoms in total. The first-order valence-corrected chi connectivity index (χ1v) is 32.7. The number of nitrogens with one attached hydrogen (secondary N) is 9. The standard InChI is InChI=1S/C25H48N4O5.C13H24N2O4.C13H26N2O3.C7H17N.C5H13N.C2H6/c1-10-14(5)18(26-9)22(30)27-19(15(6)11-2)23(31)28-20(16(7)12-3)24(32)29-21(25(33)34)17(8)13-4;1-5-8(3)10(14-7-16)12(17)15-11(13(18)19)9(4)6-2;1-6-8(3)10(14-5)12(16)15-11(13(17)18)9(4)7-2;1-5-6(2)7(3)8-4;1-4(2)5(3)6;1-2/h14-21,26H,10-13H2,1-9H3,(H,27,30)(H,28,31)(H,29,32)(H,33,34);7-11H,5-6H2,1-4H3,(H,14,16)(H,15,17)(H,18,19);8-11,14H,6-7H2,1-5H3,(H,15,16)(H,17,18);6-8H,5H2,1-4H3;4-5H,6H2,1-3H3;1-2H3. The molecule has 19 atom stereocenters. The number of amides is 6. The number of nitrogens with two attached hydrogens (primary N) is 1. The average molecular weight is 1250 g/mol. The largest absolute Gasteiger partial charge is 0.480 e. The topological polar surface area (TPSA) is 349 Å². The van der Waals surface area contributed by atoms with Crippen molar-refractivity contribution in [2.24, 2.45) is 64.9 Å². The lowest BCUT2D eigenvalue weighted by Gasteiger charge is -2.31. The number of hydrogen-bond acceptors (Lipinski definition) is 13. The number of carbonyl (C=O) groups is 9. The SMILES string of the molecule is CC.CC(C)C(C)N.CCC(C)C(C)NC.CCC(C)C(NC(=O)C(NC(=O)C(NC(=O)C(NC)C(C)CC)C(C)CC)C(C)CC)C(=O)O.CCC(C)C(NC(=O)C(NC)C(C)CC)C(=O)O.CCC(C)C(NC(=O)C(NC=O)C(C)CC)C(=O)O. The van der Waals surface area contributed by atoms with Crippen molar-refractivity contribution < 1.29 is 58.5 Å². The Morgan fingerprint density at radius 1 is 0.333 bits per heavy atom. The van der Waals surface area contributed by atoms with Gasteiger partial charge in [0.2, 0.25) is 35.9 Å². The zero-order chi connectivity index (χ0) is 69.6. The van der Waals surface area contributed by atoms with Crippen LogP contribution in [0.3, 0.4) is 0 Å². The molecular weight excluding hydrogens is 1110 g/mol. The van der Waals surface area contributed by atoms with Crippen LogP contribution >= 0.6 is 0 Å². The summed E-state index contributed by atoms with van der Waals surface area (Å²) in [4.78, 5) is 108. The number of likely N-dealkylation sites (N-methyl/N-ethyl adjacent to an activating group) is 2. The van der Waals surface area contributed by atoms with Gasteiger partial charge in [0.15, 0.2) is 0 Å². The van der Waals surface area contributed by atoms with E-state index in [1.54, 1.807) is 27.9 Å². The van der Waals surface area contributed by atoms with Crippen LogP contribution < -0.4 is 53.6 Å². The molecule has 87 heavy (non-hydrogen) atoms. The second-order valence-electron chi connectivity index (χ2n) is 23.9. The van der Waals surface area contributed by atoms with E-state index in [4.69, 9.17) is 15.9 Å². The van der Waals surface area contributed by atoms with Crippen molar-refractivity contribution in [2.45, 2.75) is 284 Å². The molecule has 14 N–H and O–H groups in total. The third kappa shape index (κ3) is 39.0. The van der Waals surface area contributed by atoms with Gasteiger partial charge in [0.25, 0.3) is 0 Å². The van der Waals surface area contributed by atoms with Gasteiger partial charge < -0.3 is 68.9 Å². The van der Waals surface area contributed by atoms with E-state index in [0.29, 0.717) is 62.9 Å². The summed E-state index contributed by atoms with van der Waals surface area (Å²) in [6.07, 6.45) is 7.31. The molecule has 0 saturated carbocycles. The van der Waals surface area contributed by atoms with E-state index in [1.807, 2.05) is 125 Å². The van der Waals surface area contributed by atoms with Crippen LogP contribution in [0, 0.1) is 59.2 Å². The van der Waals surface area contributed by atoms with Crippen LogP contribution in [0.25, 0.3) is 0 Å². The number of aliphatic carboxylic acids is 3. The summed E-state index contributed by atoms with van der Waals surface area (Å²) in [6.45, 7) is 47.2. The van der Waals surface area contributed by atoms with Crippen molar-refractivity contribution in [3.05, 3.63) is 0 Å². The number of hydrogen-bond donors (Lipinski definition) is 13. The van der Waals surface area contributed by atoms with Gasteiger partial charge in [-0.15, -0.1) is 0 Å². The normalized spacial score (nSPS) is 17.3. The van der Waals surface area contributed by atoms with Crippen LogP contribution in [0.1, 0.15) is 224 Å². The number of carbonyl (C=O) groups excluding carboxylic acids is 6. The maximum absolute atomic E-state index is 13.3. The van der Waals surface area contributed by atoms with E-state index in [9.17, 15) is 48.3 Å². The maximum Gasteiger partial charge on any atom is 0.326 e. The van der Waals surface area contributed by atoms with Gasteiger partial charge in [0.05, 0.1) is 12.1 Å². The van der Waals surface area contributed by atoms with Crippen LogP contribution in [0.4, 0.5) is 0 Å². The molecule has 0 bridgehead atoms. The molecule has 22 heteroatoms. The Balaban J connectivity index is -0.000000262. The van der Waals surface area contributed by atoms with Gasteiger partial charge in [-0.1, -0.05) is 210 Å². The molecule has 0 saturated heterocycles. The molecule has 6 amide bonds. The third-order valence-electron chi connectivity index (χ3n) is 17.3. The van der Waals surface area contributed by atoms with Crippen molar-refractivity contribution >= 4 is 53.9 Å². The highest BCUT2D eigenvalue weighted by Gasteiger charge is 2.37. The molecule has 516 valence electrons. The Morgan fingerprint density at radius 2 is 0.517 bits per heavy atom. The lowest BCUT2D eigenvalue weighted by Crippen LogP contribution is -2.61. The highest BCUT2D eigenvalue weighted by molar-refractivity contribution is 5.94. The molecule has 0 radical (unpaired) electrons. The molecule has 0 aliphatic carbocycles. The van der Waals surface area contributed by atoms with Gasteiger partial charge in [-0.3, -0.25) is 28.8 Å². The van der Waals surface area contributed by atoms with Gasteiger partial charge in [0.1, 0.15) is 36.3 Å². The molecule has 0 aromatic heterocycles. The maximum atomic E-state index is 13.3. The first kappa shape index (κ1) is 93.2. The molecule has 0 aromatic carbocycles. The van der Waals surface area contributed by atoms with E-state index in [2.05, 4.69) is 82.5 Å². The Kier molecular flexibility index (Phi) is 57.9. The summed E-state index contributed by atoms with van der Waals surface area (Å²) < 4.78 is 0. The highest BCUT2D eigenvalue weighted by atomic mass is 16.4. The summed E-state index contributed by atoms with van der Waals surface area (Å²) >= 11 is 0. The minimum atomic E-state index is -1.11. The monoisotopic (exact) mass is 1250 g/mol. The summed E-state index contributed by atoms with van der Waals surface area (Å²) in [5, 5.41) is 52.9. The first-order valence-electron chi connectivity index (χ1n) is 32.7. The fourth-order valence-corrected chi connectivity index (χ4v) is 7.93. The van der Waals surface area contributed by atoms with Gasteiger partial charge in [-0.05, 0) is 94.2 Å². The fraction of sp³-hybridized carbons (Fsp3) is 0.862. The molecule has 0 aliphatic heterocycles. The summed E-state index contributed by atoms with van der Waals surface area (Å²) in [5.74, 6) is -4.34. The summed E-state index contributed by atoms with van der Waals surface area (Å²) in [7, 11) is 5.44. The van der Waals surface area contributed by atoms with Gasteiger partial charge in [-0.2, -0.15) is 0 Å². The van der Waals surface area contributed by atoms with Crippen LogP contribution in [-0.2, 0) is 43.2 Å². The van der Waals surface area contributed by atoms with Gasteiger partial charge >= 0.3 is 17.9 Å². The van der Waals surface area contributed by atoms with E-state index < -0.39 is 77.9 Å². The minimum absolute atomic E-state index is 0.0587. The Morgan fingerprint density at radius 3 is 0.690 bits per heavy atom. The lowest BCUT2D eigenvalue weighted by atomic mass is 9.93. The lowest BCUT2D eigenvalue weighted by molar-refractivity contribution is -0.144. The van der Waals surface area contributed by atoms with E-state index in [0.717, 1.165) is 18.8 Å². The predicted molar refractivity (Wildman–Crippen MR) is 355 cm³/mol. The second kappa shape index (κ2) is 54.0. The average Bonchev–Trinajstić information content (AvgIpc) is 3.55. The molecule has 0 rings (SSSR count). The highest BCUT2D eigenvalue weighted by Crippen LogP contribution is 2.17. The molecule has 0 spiro atoms. The molecule has 0 fully saturated rings. The van der Waals surface area contributed by atoms with Crippen molar-refractivity contribution in [1.82, 2.24) is 47.9 Å². The van der Waals surface area contributed by atoms with Gasteiger partial charge in [0, 0.05) is 12.1 Å². The van der Waals surface area contributed by atoms with Crippen molar-refractivity contribution in [3.63, 3.8) is 0 Å². The van der Waals surface area contributed by atoms with Crippen LogP contribution in [-0.4, -0.2) is 151 Å². The zero-order valence-electron chi connectivity index (χ0n) is 59.6. The summed E-state index contributed by atoms with van der Waals surface area (Å²) in [5.41, 5.74) is 5.44. The fourth-order valence-electron chi connectivity index (χ4n) is 7.93. The van der Waals surface area contributed by atoms with E-state index >= 15 is 0 Å². The molecular formula is C65H134N10O12. The first-order chi connectivity index (χ1) is 40.5. The second-order valence-corrected chi connectivity index (χ2v) is 23.9.